The van der Waals surface area contributed by atoms with Crippen molar-refractivity contribution >= 4 is 63.9 Å². The summed E-state index contributed by atoms with van der Waals surface area (Å²) >= 11 is 0. The van der Waals surface area contributed by atoms with Gasteiger partial charge in [-0.15, -0.1) is 5.11 Å². The van der Waals surface area contributed by atoms with Crippen LogP contribution in [0.2, 0.25) is 0 Å². The maximum atomic E-state index is 13.1. The summed E-state index contributed by atoms with van der Waals surface area (Å²) in [6.07, 6.45) is 0.169. The highest BCUT2D eigenvalue weighted by atomic mass is 32.2. The van der Waals surface area contributed by atoms with Gasteiger partial charge in [-0.2, -0.15) is 21.9 Å². The summed E-state index contributed by atoms with van der Waals surface area (Å²) in [4.78, 5) is 9.29. The van der Waals surface area contributed by atoms with Gasteiger partial charge in [-0.1, -0.05) is 29.8 Å². The fourth-order valence-electron chi connectivity index (χ4n) is 3.98. The second-order valence-electron chi connectivity index (χ2n) is 9.25. The summed E-state index contributed by atoms with van der Waals surface area (Å²) in [5, 5.41) is 18.1. The lowest BCUT2D eigenvalue weighted by atomic mass is 10.1. The highest BCUT2D eigenvalue weighted by Crippen LogP contribution is 2.45. The Bertz CT molecular complexity index is 2070. The van der Waals surface area contributed by atoms with Crippen molar-refractivity contribution in [1.29, 1.82) is 0 Å². The molecule has 0 atom stereocenters. The maximum absolute atomic E-state index is 13.1. The van der Waals surface area contributed by atoms with E-state index in [1.54, 1.807) is 19.1 Å². The zero-order valence-electron chi connectivity index (χ0n) is 21.9. The van der Waals surface area contributed by atoms with Crippen molar-refractivity contribution in [1.82, 2.24) is 0 Å². The molecule has 0 bridgehead atoms. The summed E-state index contributed by atoms with van der Waals surface area (Å²) in [6.45, 7) is 3.15. The molecule has 4 N–H and O–H groups in total. The van der Waals surface area contributed by atoms with Crippen LogP contribution >= 0.6 is 0 Å². The van der Waals surface area contributed by atoms with Crippen molar-refractivity contribution in [2.24, 2.45) is 10.2 Å². The molecule has 0 aliphatic rings. The number of hydrogen-bond acceptors (Lipinski definition) is 10. The normalized spacial score (nSPS) is 12.6. The van der Waals surface area contributed by atoms with Gasteiger partial charge in [0.2, 0.25) is 0 Å². The van der Waals surface area contributed by atoms with E-state index in [1.807, 2.05) is 0 Å². The third-order valence-corrected chi connectivity index (χ3v) is 9.01. The van der Waals surface area contributed by atoms with Gasteiger partial charge >= 0.3 is 0 Å². The van der Waals surface area contributed by atoms with Crippen molar-refractivity contribution < 1.29 is 44.3 Å². The minimum Gasteiger partial charge on any atom is -0.505 e. The standard InChI is InChI=1S/C26H23N3O10S3/c1-15-3-9-20(10-4-15)40(32,33)29-22-14-21(41(34,35)36)12-18-13-23(42(37,38)39)25(26(31)24(18)22)28-27-19-7-5-17(6-8-19)11-16(2)30/h3-10,12-14,29,31H,11H2,1-2H3,(H,34,35,36)(H,37,38,39). The number of ketones is 1. The Balaban J connectivity index is 1.95. The number of aryl methyl sites for hydroxylation is 1. The van der Waals surface area contributed by atoms with Gasteiger partial charge in [-0.05, 0) is 67.3 Å². The first-order valence-electron chi connectivity index (χ1n) is 11.8. The molecule has 0 aliphatic carbocycles. The summed E-state index contributed by atoms with van der Waals surface area (Å²) in [7, 11) is -14.5. The van der Waals surface area contributed by atoms with E-state index in [0.717, 1.165) is 23.8 Å². The molecule has 16 heteroatoms. The number of rotatable bonds is 9. The Kier molecular flexibility index (Phi) is 8.21. The number of phenolic OH excluding ortho intramolecular Hbond substituents is 1. The number of azo groups is 1. The molecule has 220 valence electrons. The molecule has 4 aromatic rings. The minimum atomic E-state index is -5.12. The number of nitrogens with one attached hydrogen (secondary N) is 1. The Morgan fingerprint density at radius 2 is 1.43 bits per heavy atom. The van der Waals surface area contributed by atoms with Crippen molar-refractivity contribution in [2.45, 2.75) is 35.0 Å². The third kappa shape index (κ3) is 6.80. The molecule has 0 aliphatic heterocycles. The lowest BCUT2D eigenvalue weighted by molar-refractivity contribution is -0.116. The number of carbonyl (C=O) groups excluding carboxylic acids is 1. The van der Waals surface area contributed by atoms with E-state index in [1.165, 1.54) is 43.3 Å². The first kappa shape index (κ1) is 30.7. The topological polar surface area (TPSA) is 217 Å². The number of carbonyl (C=O) groups is 1. The lowest BCUT2D eigenvalue weighted by Crippen LogP contribution is -2.14. The first-order chi connectivity index (χ1) is 19.5. The number of fused-ring (bicyclic) bond motifs is 1. The van der Waals surface area contributed by atoms with Crippen molar-refractivity contribution in [3.63, 3.8) is 0 Å². The van der Waals surface area contributed by atoms with E-state index in [0.29, 0.717) is 5.56 Å². The smallest absolute Gasteiger partial charge is 0.296 e. The average molecular weight is 634 g/mol. The van der Waals surface area contributed by atoms with Gasteiger partial charge in [-0.25, -0.2) is 8.42 Å². The van der Waals surface area contributed by atoms with Gasteiger partial charge < -0.3 is 5.11 Å². The molecule has 0 unspecified atom stereocenters. The van der Waals surface area contributed by atoms with Crippen molar-refractivity contribution in [3.05, 3.63) is 77.9 Å². The maximum Gasteiger partial charge on any atom is 0.296 e. The first-order valence-corrected chi connectivity index (χ1v) is 16.2. The minimum absolute atomic E-state index is 0.0748. The van der Waals surface area contributed by atoms with Crippen LogP contribution in [0.15, 0.2) is 91.6 Å². The Morgan fingerprint density at radius 1 is 0.810 bits per heavy atom. The van der Waals surface area contributed by atoms with Crippen LogP contribution in [0.5, 0.6) is 5.75 Å². The van der Waals surface area contributed by atoms with Gasteiger partial charge in [-0.3, -0.25) is 18.6 Å². The molecule has 0 radical (unpaired) electrons. The summed E-state index contributed by atoms with van der Waals surface area (Å²) in [6, 6.07) is 13.9. The fraction of sp³-hybridized carbons (Fsp3) is 0.115. The van der Waals surface area contributed by atoms with Crippen molar-refractivity contribution in [2.75, 3.05) is 4.72 Å². The lowest BCUT2D eigenvalue weighted by Gasteiger charge is -2.16. The van der Waals surface area contributed by atoms with Gasteiger partial charge in [0.15, 0.2) is 5.75 Å². The molecule has 0 amide bonds. The van der Waals surface area contributed by atoms with Crippen LogP contribution in [0.4, 0.5) is 17.1 Å². The van der Waals surface area contributed by atoms with Crippen LogP contribution in [0.1, 0.15) is 18.1 Å². The number of anilines is 1. The Labute approximate surface area is 241 Å². The number of sulfonamides is 1. The fourth-order valence-corrected chi connectivity index (χ4v) is 6.24. The molecule has 42 heavy (non-hydrogen) atoms. The molecular formula is C26H23N3O10S3. The van der Waals surface area contributed by atoms with Crippen LogP contribution in [-0.2, 0) is 41.5 Å². The number of nitrogens with zero attached hydrogens (tertiary/aromatic N) is 2. The zero-order valence-corrected chi connectivity index (χ0v) is 24.3. The third-order valence-electron chi connectivity index (χ3n) is 5.93. The average Bonchev–Trinajstić information content (AvgIpc) is 2.87. The number of benzene rings is 4. The van der Waals surface area contributed by atoms with E-state index < -0.39 is 62.6 Å². The van der Waals surface area contributed by atoms with Crippen LogP contribution in [0.3, 0.4) is 0 Å². The number of phenols is 1. The molecule has 4 rings (SSSR count). The Hall–Kier alpha value is -4.22. The largest absolute Gasteiger partial charge is 0.505 e. The monoisotopic (exact) mass is 633 g/mol. The van der Waals surface area contributed by atoms with Gasteiger partial charge in [0.25, 0.3) is 30.3 Å². The molecule has 0 saturated carbocycles. The molecular weight excluding hydrogens is 610 g/mol. The summed E-state index contributed by atoms with van der Waals surface area (Å²) in [5.41, 5.74) is 0.267. The van der Waals surface area contributed by atoms with Gasteiger partial charge in [0.05, 0.1) is 26.6 Å². The van der Waals surface area contributed by atoms with Gasteiger partial charge in [0, 0.05) is 6.42 Å². The Morgan fingerprint density at radius 3 is 1.98 bits per heavy atom. The second-order valence-corrected chi connectivity index (χ2v) is 13.7. The number of Topliss-reactive ketones (excluding diaryl/α,β-unsaturated/α-hetero) is 1. The molecule has 4 aromatic carbocycles. The van der Waals surface area contributed by atoms with E-state index in [9.17, 15) is 44.3 Å². The molecule has 0 heterocycles. The second kappa shape index (κ2) is 11.2. The predicted octanol–water partition coefficient (Wildman–Crippen LogP) is 4.69. The number of aromatic hydroxyl groups is 1. The summed E-state index contributed by atoms with van der Waals surface area (Å²) in [5.74, 6) is -1.05. The molecule has 0 fully saturated rings. The predicted molar refractivity (Wildman–Crippen MR) is 152 cm³/mol. The van der Waals surface area contributed by atoms with Gasteiger partial charge in [0.1, 0.15) is 16.4 Å². The SMILES string of the molecule is CC(=O)Cc1ccc(N=Nc2c(S(=O)(=O)O)cc3cc(S(=O)(=O)O)cc(NS(=O)(=O)c4ccc(C)cc4)c3c2O)cc1. The summed E-state index contributed by atoms with van der Waals surface area (Å²) < 4.78 is 96.4. The molecule has 0 spiro atoms. The molecule has 0 saturated heterocycles. The van der Waals surface area contributed by atoms with E-state index >= 15 is 0 Å². The van der Waals surface area contributed by atoms with Crippen LogP contribution in [0, 0.1) is 6.92 Å². The highest BCUT2D eigenvalue weighted by Gasteiger charge is 2.27. The van der Waals surface area contributed by atoms with E-state index in [4.69, 9.17) is 0 Å². The quantitative estimate of drug-likeness (QED) is 0.147. The van der Waals surface area contributed by atoms with Crippen LogP contribution in [-0.4, -0.2) is 45.2 Å². The van der Waals surface area contributed by atoms with E-state index in [2.05, 4.69) is 15.0 Å². The van der Waals surface area contributed by atoms with Crippen molar-refractivity contribution in [3.8, 4) is 5.75 Å². The number of hydrogen-bond donors (Lipinski definition) is 4. The highest BCUT2D eigenvalue weighted by molar-refractivity contribution is 7.92. The van der Waals surface area contributed by atoms with E-state index in [-0.39, 0.29) is 28.2 Å². The van der Waals surface area contributed by atoms with Crippen LogP contribution in [0.25, 0.3) is 10.8 Å². The molecule has 13 nitrogen and oxygen atoms in total. The zero-order chi connectivity index (χ0) is 31.0. The molecule has 0 aromatic heterocycles. The van der Waals surface area contributed by atoms with Crippen LogP contribution < -0.4 is 4.72 Å².